The van der Waals surface area contributed by atoms with Gasteiger partial charge in [0, 0.05) is 32.3 Å². The van der Waals surface area contributed by atoms with Gasteiger partial charge in [0.25, 0.3) is 0 Å². The lowest BCUT2D eigenvalue weighted by Gasteiger charge is -2.04. The zero-order valence-electron chi connectivity index (χ0n) is 10.3. The summed E-state index contributed by atoms with van der Waals surface area (Å²) in [5.41, 5.74) is 0.735. The lowest BCUT2D eigenvalue weighted by atomic mass is 10.3. The van der Waals surface area contributed by atoms with Gasteiger partial charge < -0.3 is 9.84 Å². The molecule has 0 aliphatic heterocycles. The van der Waals surface area contributed by atoms with Gasteiger partial charge in [0.1, 0.15) is 5.69 Å². The number of rotatable bonds is 5. The summed E-state index contributed by atoms with van der Waals surface area (Å²) in [6.07, 6.45) is 2.59. The van der Waals surface area contributed by atoms with Gasteiger partial charge in [-0.25, -0.2) is 0 Å². The van der Waals surface area contributed by atoms with Crippen LogP contribution in [0.5, 0.6) is 0 Å². The van der Waals surface area contributed by atoms with Crippen molar-refractivity contribution in [1.82, 2.24) is 25.2 Å². The lowest BCUT2D eigenvalue weighted by molar-refractivity contribution is 0.374. The van der Waals surface area contributed by atoms with Gasteiger partial charge in [-0.2, -0.15) is 10.1 Å². The molecule has 2 rings (SSSR count). The molecule has 0 amide bonds. The maximum absolute atomic E-state index is 5.16. The minimum atomic E-state index is 0.466. The van der Waals surface area contributed by atoms with Crippen LogP contribution < -0.4 is 5.32 Å². The summed E-state index contributed by atoms with van der Waals surface area (Å²) in [4.78, 5) is 4.30. The molecule has 0 bridgehead atoms. The highest BCUT2D eigenvalue weighted by Gasteiger charge is 2.10. The van der Waals surface area contributed by atoms with Gasteiger partial charge in [-0.1, -0.05) is 19.0 Å². The summed E-state index contributed by atoms with van der Waals surface area (Å²) in [7, 11) is 1.86. The van der Waals surface area contributed by atoms with Gasteiger partial charge in [0.2, 0.25) is 11.7 Å². The highest BCUT2D eigenvalue weighted by Crippen LogP contribution is 2.12. The summed E-state index contributed by atoms with van der Waals surface area (Å²) in [5.74, 6) is 1.18. The summed E-state index contributed by atoms with van der Waals surface area (Å²) < 4.78 is 6.87. The Morgan fingerprint density at radius 1 is 1.47 bits per heavy atom. The van der Waals surface area contributed by atoms with Gasteiger partial charge in [-0.3, -0.25) is 4.68 Å². The Labute approximate surface area is 100 Å². The molecule has 0 atom stereocenters. The smallest absolute Gasteiger partial charge is 0.228 e. The lowest BCUT2D eigenvalue weighted by Crippen LogP contribution is -2.25. The Kier molecular flexibility index (Phi) is 3.53. The number of nitrogens with one attached hydrogen (secondary N) is 1. The minimum Gasteiger partial charge on any atom is -0.339 e. The molecule has 0 aliphatic rings. The van der Waals surface area contributed by atoms with Crippen LogP contribution in [0.3, 0.4) is 0 Å². The van der Waals surface area contributed by atoms with E-state index in [0.29, 0.717) is 17.8 Å². The molecule has 0 aromatic carbocycles. The largest absolute Gasteiger partial charge is 0.339 e. The average Bonchev–Trinajstić information content (AvgIpc) is 2.86. The van der Waals surface area contributed by atoms with Crippen molar-refractivity contribution in [3.05, 3.63) is 18.2 Å². The fourth-order valence-electron chi connectivity index (χ4n) is 1.46. The van der Waals surface area contributed by atoms with Gasteiger partial charge >= 0.3 is 0 Å². The first-order chi connectivity index (χ1) is 8.15. The van der Waals surface area contributed by atoms with Crippen molar-refractivity contribution in [2.75, 3.05) is 6.54 Å². The standard InChI is InChI=1S/C11H17N5O/c1-8(2)12-6-4-10-13-11(15-17-10)9-5-7-16(3)14-9/h5,7-8,12H,4,6H2,1-3H3. The van der Waals surface area contributed by atoms with Gasteiger partial charge in [0.05, 0.1) is 0 Å². The van der Waals surface area contributed by atoms with Crippen LogP contribution in [0.1, 0.15) is 19.7 Å². The van der Waals surface area contributed by atoms with E-state index < -0.39 is 0 Å². The predicted octanol–water partition coefficient (Wildman–Crippen LogP) is 1.01. The Bertz CT molecular complexity index is 474. The second kappa shape index (κ2) is 5.09. The molecule has 0 saturated carbocycles. The molecule has 0 unspecified atom stereocenters. The molecule has 0 saturated heterocycles. The highest BCUT2D eigenvalue weighted by atomic mass is 16.5. The van der Waals surface area contributed by atoms with Crippen molar-refractivity contribution in [3.63, 3.8) is 0 Å². The summed E-state index contributed by atoms with van der Waals surface area (Å²) in [6.45, 7) is 5.04. The van der Waals surface area contributed by atoms with Crippen LogP contribution in [0, 0.1) is 0 Å². The van der Waals surface area contributed by atoms with Crippen LogP contribution in [0.15, 0.2) is 16.8 Å². The highest BCUT2D eigenvalue weighted by molar-refractivity contribution is 5.46. The second-order valence-corrected chi connectivity index (χ2v) is 4.25. The Morgan fingerprint density at radius 3 is 2.94 bits per heavy atom. The first-order valence-corrected chi connectivity index (χ1v) is 5.71. The van der Waals surface area contributed by atoms with Crippen LogP contribution in [0.25, 0.3) is 11.5 Å². The van der Waals surface area contributed by atoms with Gasteiger partial charge in [-0.05, 0) is 6.07 Å². The van der Waals surface area contributed by atoms with Crippen molar-refractivity contribution in [1.29, 1.82) is 0 Å². The Balaban J connectivity index is 1.96. The van der Waals surface area contributed by atoms with Crippen LogP contribution in [-0.4, -0.2) is 32.5 Å². The maximum atomic E-state index is 5.16. The van der Waals surface area contributed by atoms with E-state index in [1.54, 1.807) is 4.68 Å². The number of aryl methyl sites for hydroxylation is 1. The average molecular weight is 235 g/mol. The van der Waals surface area contributed by atoms with Crippen molar-refractivity contribution >= 4 is 0 Å². The van der Waals surface area contributed by atoms with E-state index >= 15 is 0 Å². The van der Waals surface area contributed by atoms with Crippen LogP contribution in [0.2, 0.25) is 0 Å². The van der Waals surface area contributed by atoms with E-state index in [0.717, 1.165) is 18.7 Å². The summed E-state index contributed by atoms with van der Waals surface area (Å²) in [6, 6.07) is 2.33. The third kappa shape index (κ3) is 3.13. The van der Waals surface area contributed by atoms with Crippen molar-refractivity contribution < 1.29 is 4.52 Å². The molecule has 92 valence electrons. The number of hydrogen-bond acceptors (Lipinski definition) is 5. The fraction of sp³-hybridized carbons (Fsp3) is 0.545. The van der Waals surface area contributed by atoms with E-state index in [2.05, 4.69) is 34.4 Å². The molecule has 2 aromatic heterocycles. The van der Waals surface area contributed by atoms with Gasteiger partial charge in [0.15, 0.2) is 0 Å². The quantitative estimate of drug-likeness (QED) is 0.837. The number of hydrogen-bond donors (Lipinski definition) is 1. The molecule has 0 spiro atoms. The predicted molar refractivity (Wildman–Crippen MR) is 63.3 cm³/mol. The third-order valence-corrected chi connectivity index (χ3v) is 2.30. The molecule has 0 fully saturated rings. The van der Waals surface area contributed by atoms with E-state index in [4.69, 9.17) is 4.52 Å². The molecular formula is C11H17N5O. The van der Waals surface area contributed by atoms with Crippen molar-refractivity contribution in [2.45, 2.75) is 26.3 Å². The zero-order valence-corrected chi connectivity index (χ0v) is 10.3. The topological polar surface area (TPSA) is 68.8 Å². The molecule has 2 aromatic rings. The molecule has 17 heavy (non-hydrogen) atoms. The molecule has 6 nitrogen and oxygen atoms in total. The molecular weight excluding hydrogens is 218 g/mol. The first kappa shape index (κ1) is 11.8. The second-order valence-electron chi connectivity index (χ2n) is 4.25. The molecule has 0 radical (unpaired) electrons. The minimum absolute atomic E-state index is 0.466. The van der Waals surface area contributed by atoms with Crippen LogP contribution >= 0.6 is 0 Å². The molecule has 1 N–H and O–H groups in total. The van der Waals surface area contributed by atoms with E-state index in [1.165, 1.54) is 0 Å². The van der Waals surface area contributed by atoms with Crippen LogP contribution in [-0.2, 0) is 13.5 Å². The Morgan fingerprint density at radius 2 is 2.29 bits per heavy atom. The molecule has 2 heterocycles. The number of aromatic nitrogens is 4. The normalized spacial score (nSPS) is 11.3. The van der Waals surface area contributed by atoms with Crippen molar-refractivity contribution in [3.8, 4) is 11.5 Å². The molecule has 0 aliphatic carbocycles. The van der Waals surface area contributed by atoms with E-state index in [-0.39, 0.29) is 0 Å². The monoisotopic (exact) mass is 235 g/mol. The van der Waals surface area contributed by atoms with Crippen LogP contribution in [0.4, 0.5) is 0 Å². The van der Waals surface area contributed by atoms with E-state index in [9.17, 15) is 0 Å². The van der Waals surface area contributed by atoms with Gasteiger partial charge in [-0.15, -0.1) is 0 Å². The maximum Gasteiger partial charge on any atom is 0.228 e. The third-order valence-electron chi connectivity index (χ3n) is 2.30. The van der Waals surface area contributed by atoms with Crippen molar-refractivity contribution in [2.24, 2.45) is 7.05 Å². The first-order valence-electron chi connectivity index (χ1n) is 5.71. The van der Waals surface area contributed by atoms with E-state index in [1.807, 2.05) is 19.3 Å². The molecule has 6 heteroatoms. The summed E-state index contributed by atoms with van der Waals surface area (Å²) >= 11 is 0. The summed E-state index contributed by atoms with van der Waals surface area (Å²) in [5, 5.41) is 11.4. The fourth-order valence-corrected chi connectivity index (χ4v) is 1.46. The SMILES string of the molecule is CC(C)NCCc1nc(-c2ccn(C)n2)no1. The zero-order chi connectivity index (χ0) is 12.3. The Hall–Kier alpha value is -1.69. The number of nitrogens with zero attached hydrogens (tertiary/aromatic N) is 4.